The molecule has 0 radical (unpaired) electrons. The van der Waals surface area contributed by atoms with E-state index in [1.54, 1.807) is 0 Å². The average molecular weight is 253 g/mol. The Labute approximate surface area is 96.1 Å². The van der Waals surface area contributed by atoms with Crippen molar-refractivity contribution in [1.82, 2.24) is 15.5 Å². The zero-order valence-electron chi connectivity index (χ0n) is 9.14. The van der Waals surface area contributed by atoms with Crippen LogP contribution in [0.2, 0.25) is 0 Å². The topological polar surface area (TPSA) is 37.8 Å². The Morgan fingerprint density at radius 3 is 2.50 bits per heavy atom. The molecule has 0 saturated heterocycles. The maximum Gasteiger partial charge on any atom is 0.445 e. The third-order valence-corrected chi connectivity index (χ3v) is 2.81. The van der Waals surface area contributed by atoms with Crippen molar-refractivity contribution in [2.45, 2.75) is 26.4 Å². The summed E-state index contributed by atoms with van der Waals surface area (Å²) in [5, 5.41) is 9.31. The van der Waals surface area contributed by atoms with Crippen molar-refractivity contribution in [2.24, 2.45) is 5.92 Å². The molecule has 0 unspecified atom stereocenters. The summed E-state index contributed by atoms with van der Waals surface area (Å²) < 4.78 is 36.6. The zero-order valence-corrected chi connectivity index (χ0v) is 9.95. The third-order valence-electron chi connectivity index (χ3n) is 1.78. The first-order chi connectivity index (χ1) is 7.39. The molecular weight excluding hydrogens is 239 g/mol. The number of hydrogen-bond donors (Lipinski definition) is 1. The molecule has 1 aromatic heterocycles. The molecule has 1 rings (SSSR count). The number of hydrogen-bond acceptors (Lipinski definition) is 4. The highest BCUT2D eigenvalue weighted by atomic mass is 32.1. The van der Waals surface area contributed by atoms with Crippen LogP contribution < -0.4 is 5.32 Å². The first kappa shape index (κ1) is 13.4. The van der Waals surface area contributed by atoms with Crippen LogP contribution in [-0.2, 0) is 12.6 Å². The van der Waals surface area contributed by atoms with Crippen LogP contribution in [0.25, 0.3) is 0 Å². The zero-order chi connectivity index (χ0) is 12.2. The number of aromatic nitrogens is 2. The molecule has 0 spiro atoms. The SMILES string of the molecule is CC(C)CNCCc1nnc(C(F)(F)F)s1. The number of nitrogens with zero attached hydrogens (tertiary/aromatic N) is 2. The lowest BCUT2D eigenvalue weighted by Gasteiger charge is -2.05. The minimum atomic E-state index is -4.37. The predicted molar refractivity (Wildman–Crippen MR) is 56.3 cm³/mol. The van der Waals surface area contributed by atoms with Gasteiger partial charge in [0.05, 0.1) is 0 Å². The lowest BCUT2D eigenvalue weighted by atomic mass is 10.2. The van der Waals surface area contributed by atoms with Gasteiger partial charge in [-0.3, -0.25) is 0 Å². The molecule has 1 heterocycles. The number of halogens is 3. The largest absolute Gasteiger partial charge is 0.445 e. The van der Waals surface area contributed by atoms with Crippen LogP contribution in [-0.4, -0.2) is 23.3 Å². The van der Waals surface area contributed by atoms with Gasteiger partial charge in [-0.05, 0) is 12.5 Å². The maximum atomic E-state index is 12.2. The second-order valence-corrected chi connectivity index (χ2v) is 4.91. The van der Waals surface area contributed by atoms with Gasteiger partial charge in [0.2, 0.25) is 5.01 Å². The number of rotatable bonds is 5. The molecule has 3 nitrogen and oxygen atoms in total. The van der Waals surface area contributed by atoms with E-state index in [1.165, 1.54) is 0 Å². The second-order valence-electron chi connectivity index (χ2n) is 3.85. The standard InChI is InChI=1S/C9H14F3N3S/c1-6(2)5-13-4-3-7-14-15-8(16-7)9(10,11)12/h6,13H,3-5H2,1-2H3. The van der Waals surface area contributed by atoms with Crippen LogP contribution in [0.5, 0.6) is 0 Å². The highest BCUT2D eigenvalue weighted by Crippen LogP contribution is 2.31. The maximum absolute atomic E-state index is 12.2. The molecular formula is C9H14F3N3S. The van der Waals surface area contributed by atoms with E-state index in [9.17, 15) is 13.2 Å². The van der Waals surface area contributed by atoms with Crippen molar-refractivity contribution in [3.8, 4) is 0 Å². The molecule has 0 aliphatic heterocycles. The van der Waals surface area contributed by atoms with E-state index < -0.39 is 11.2 Å². The Balaban J connectivity index is 2.36. The lowest BCUT2D eigenvalue weighted by Crippen LogP contribution is -2.22. The lowest BCUT2D eigenvalue weighted by molar-refractivity contribution is -0.138. The Bertz CT molecular complexity index is 322. The van der Waals surface area contributed by atoms with E-state index in [1.807, 2.05) is 0 Å². The van der Waals surface area contributed by atoms with Crippen molar-refractivity contribution in [3.05, 3.63) is 10.0 Å². The second kappa shape index (κ2) is 5.58. The van der Waals surface area contributed by atoms with Gasteiger partial charge in [0, 0.05) is 13.0 Å². The normalized spacial score (nSPS) is 12.4. The van der Waals surface area contributed by atoms with Crippen molar-refractivity contribution < 1.29 is 13.2 Å². The molecule has 0 aliphatic rings. The van der Waals surface area contributed by atoms with Gasteiger partial charge < -0.3 is 5.32 Å². The Kier molecular flexibility index (Phi) is 4.67. The predicted octanol–water partition coefficient (Wildman–Crippen LogP) is 2.34. The van der Waals surface area contributed by atoms with Crippen LogP contribution >= 0.6 is 11.3 Å². The summed E-state index contributed by atoms with van der Waals surface area (Å²) in [6, 6.07) is 0. The fourth-order valence-electron chi connectivity index (χ4n) is 1.06. The fourth-order valence-corrected chi connectivity index (χ4v) is 1.76. The van der Waals surface area contributed by atoms with E-state index in [0.29, 0.717) is 35.2 Å². The monoisotopic (exact) mass is 253 g/mol. The smallest absolute Gasteiger partial charge is 0.316 e. The van der Waals surface area contributed by atoms with Gasteiger partial charge in [0.1, 0.15) is 5.01 Å². The van der Waals surface area contributed by atoms with Crippen molar-refractivity contribution in [3.63, 3.8) is 0 Å². The van der Waals surface area contributed by atoms with E-state index in [4.69, 9.17) is 0 Å². The van der Waals surface area contributed by atoms with Gasteiger partial charge in [-0.1, -0.05) is 25.2 Å². The van der Waals surface area contributed by atoms with Gasteiger partial charge in [0.15, 0.2) is 0 Å². The van der Waals surface area contributed by atoms with Gasteiger partial charge in [-0.15, -0.1) is 10.2 Å². The van der Waals surface area contributed by atoms with E-state index in [2.05, 4.69) is 29.4 Å². The van der Waals surface area contributed by atoms with Crippen LogP contribution in [0, 0.1) is 5.92 Å². The van der Waals surface area contributed by atoms with Gasteiger partial charge in [-0.2, -0.15) is 13.2 Å². The Morgan fingerprint density at radius 1 is 1.31 bits per heavy atom. The van der Waals surface area contributed by atoms with E-state index in [-0.39, 0.29) is 0 Å². The summed E-state index contributed by atoms with van der Waals surface area (Å²) >= 11 is 0.611. The van der Waals surface area contributed by atoms with E-state index in [0.717, 1.165) is 6.54 Å². The summed E-state index contributed by atoms with van der Waals surface area (Å²) in [5.41, 5.74) is 0. The molecule has 16 heavy (non-hydrogen) atoms. The highest BCUT2D eigenvalue weighted by molar-refractivity contribution is 7.11. The molecule has 0 aromatic carbocycles. The molecule has 0 fully saturated rings. The van der Waals surface area contributed by atoms with Crippen LogP contribution in [0.4, 0.5) is 13.2 Å². The van der Waals surface area contributed by atoms with Crippen LogP contribution in [0.3, 0.4) is 0 Å². The molecule has 0 saturated carbocycles. The summed E-state index contributed by atoms with van der Waals surface area (Å²) in [6.07, 6.45) is -3.89. The molecule has 1 aromatic rings. The highest BCUT2D eigenvalue weighted by Gasteiger charge is 2.35. The molecule has 0 atom stereocenters. The molecule has 0 aliphatic carbocycles. The van der Waals surface area contributed by atoms with Crippen molar-refractivity contribution >= 4 is 11.3 Å². The van der Waals surface area contributed by atoms with Gasteiger partial charge >= 0.3 is 6.18 Å². The van der Waals surface area contributed by atoms with Crippen molar-refractivity contribution in [2.75, 3.05) is 13.1 Å². The Morgan fingerprint density at radius 2 is 2.00 bits per heavy atom. The first-order valence-electron chi connectivity index (χ1n) is 5.00. The minimum Gasteiger partial charge on any atom is -0.316 e. The average Bonchev–Trinajstić information content (AvgIpc) is 2.59. The molecule has 92 valence electrons. The quantitative estimate of drug-likeness (QED) is 0.818. The summed E-state index contributed by atoms with van der Waals surface area (Å²) in [5.74, 6) is 0.528. The third kappa shape index (κ3) is 4.44. The van der Waals surface area contributed by atoms with Crippen LogP contribution in [0.1, 0.15) is 23.9 Å². The van der Waals surface area contributed by atoms with Gasteiger partial charge in [-0.25, -0.2) is 0 Å². The summed E-state index contributed by atoms with van der Waals surface area (Å²) in [4.78, 5) is 0. The first-order valence-corrected chi connectivity index (χ1v) is 5.81. The number of alkyl halides is 3. The summed E-state index contributed by atoms with van der Waals surface area (Å²) in [7, 11) is 0. The summed E-state index contributed by atoms with van der Waals surface area (Å²) in [6.45, 7) is 5.62. The van der Waals surface area contributed by atoms with Crippen LogP contribution in [0.15, 0.2) is 0 Å². The van der Waals surface area contributed by atoms with Gasteiger partial charge in [0.25, 0.3) is 0 Å². The number of nitrogens with one attached hydrogen (secondary N) is 1. The fraction of sp³-hybridized carbons (Fsp3) is 0.778. The Hall–Kier alpha value is -0.690. The molecule has 7 heteroatoms. The van der Waals surface area contributed by atoms with E-state index >= 15 is 0 Å². The minimum absolute atomic E-state index is 0.420. The molecule has 0 amide bonds. The molecule has 1 N–H and O–H groups in total. The molecule has 0 bridgehead atoms. The van der Waals surface area contributed by atoms with Crippen molar-refractivity contribution in [1.29, 1.82) is 0 Å².